The van der Waals surface area contributed by atoms with Crippen LogP contribution in [-0.2, 0) is 6.42 Å². The van der Waals surface area contributed by atoms with Crippen LogP contribution in [0.15, 0.2) is 35.2 Å². The summed E-state index contributed by atoms with van der Waals surface area (Å²) in [7, 11) is 0. The van der Waals surface area contributed by atoms with Gasteiger partial charge >= 0.3 is 5.97 Å². The van der Waals surface area contributed by atoms with Gasteiger partial charge in [0.2, 0.25) is 0 Å². The van der Waals surface area contributed by atoms with Crippen molar-refractivity contribution < 1.29 is 9.90 Å². The molecule has 0 aliphatic heterocycles. The van der Waals surface area contributed by atoms with Gasteiger partial charge in [-0.2, -0.15) is 11.3 Å². The fourth-order valence-corrected chi connectivity index (χ4v) is 2.49. The summed E-state index contributed by atoms with van der Waals surface area (Å²) in [6.07, 6.45) is 2.68. The number of carbonyl (C=O) groups is 1. The van der Waals surface area contributed by atoms with Crippen LogP contribution in [0.1, 0.15) is 29.0 Å². The lowest BCUT2D eigenvalue weighted by atomic mass is 10.1. The van der Waals surface area contributed by atoms with Gasteiger partial charge in [0.05, 0.1) is 0 Å². The summed E-state index contributed by atoms with van der Waals surface area (Å²) in [5.74, 6) is -0.873. The van der Waals surface area contributed by atoms with Crippen LogP contribution in [0.2, 0.25) is 0 Å². The molecule has 1 atom stereocenters. The molecule has 0 aliphatic rings. The zero-order valence-corrected chi connectivity index (χ0v) is 9.78. The number of hydrogen-bond donors (Lipinski definition) is 1. The first kappa shape index (κ1) is 11.0. The molecule has 2 aromatic rings. The lowest BCUT2D eigenvalue weighted by Crippen LogP contribution is -2.13. The zero-order chi connectivity index (χ0) is 11.5. The largest absolute Gasteiger partial charge is 0.477 e. The van der Waals surface area contributed by atoms with Crippen LogP contribution in [0.5, 0.6) is 0 Å². The number of rotatable bonds is 4. The van der Waals surface area contributed by atoms with Crippen molar-refractivity contribution in [3.63, 3.8) is 0 Å². The molecule has 0 bridgehead atoms. The second-order valence-corrected chi connectivity index (χ2v) is 4.57. The Hall–Kier alpha value is -1.55. The molecule has 2 heterocycles. The highest BCUT2D eigenvalue weighted by Gasteiger charge is 2.13. The van der Waals surface area contributed by atoms with Crippen LogP contribution in [0, 0.1) is 0 Å². The highest BCUT2D eigenvalue weighted by Crippen LogP contribution is 2.18. The first-order valence-electron chi connectivity index (χ1n) is 5.09. The smallest absolute Gasteiger partial charge is 0.352 e. The number of thiophene rings is 1. The Morgan fingerprint density at radius 2 is 2.38 bits per heavy atom. The van der Waals surface area contributed by atoms with Crippen LogP contribution < -0.4 is 0 Å². The van der Waals surface area contributed by atoms with E-state index in [1.165, 1.54) is 5.56 Å². The number of carboxylic acid groups (broad SMARTS) is 1. The van der Waals surface area contributed by atoms with Gasteiger partial charge in [0.25, 0.3) is 0 Å². The maximum atomic E-state index is 11.0. The predicted molar refractivity (Wildman–Crippen MR) is 64.1 cm³/mol. The second kappa shape index (κ2) is 4.53. The zero-order valence-electron chi connectivity index (χ0n) is 8.96. The number of nitrogens with zero attached hydrogens (tertiary/aromatic N) is 1. The van der Waals surface area contributed by atoms with E-state index in [1.54, 1.807) is 28.0 Å². The highest BCUT2D eigenvalue weighted by molar-refractivity contribution is 7.07. The fourth-order valence-electron chi connectivity index (χ4n) is 1.81. The molecule has 84 valence electrons. The van der Waals surface area contributed by atoms with Crippen LogP contribution in [0.3, 0.4) is 0 Å². The van der Waals surface area contributed by atoms with E-state index in [0.29, 0.717) is 5.69 Å². The molecule has 0 aliphatic carbocycles. The van der Waals surface area contributed by atoms with E-state index in [9.17, 15) is 4.79 Å². The van der Waals surface area contributed by atoms with Crippen LogP contribution in [-0.4, -0.2) is 15.6 Å². The summed E-state index contributed by atoms with van der Waals surface area (Å²) in [5, 5.41) is 13.1. The van der Waals surface area contributed by atoms with Crippen molar-refractivity contribution in [3.8, 4) is 0 Å². The summed E-state index contributed by atoms with van der Waals surface area (Å²) in [6.45, 7) is 2.03. The molecular weight excluding hydrogens is 222 g/mol. The number of aromatic nitrogens is 1. The SMILES string of the molecule is CC(Cc1ccsc1)n1cccc1C(=O)O. The summed E-state index contributed by atoms with van der Waals surface area (Å²) in [5.41, 5.74) is 1.60. The first-order chi connectivity index (χ1) is 7.68. The number of carboxylic acids is 1. The van der Waals surface area contributed by atoms with Crippen molar-refractivity contribution in [1.29, 1.82) is 0 Å². The molecule has 1 unspecified atom stereocenters. The molecule has 0 spiro atoms. The van der Waals surface area contributed by atoms with E-state index >= 15 is 0 Å². The molecule has 2 aromatic heterocycles. The van der Waals surface area contributed by atoms with E-state index in [-0.39, 0.29) is 6.04 Å². The molecular formula is C12H13NO2S. The molecule has 0 aromatic carbocycles. The minimum Gasteiger partial charge on any atom is -0.477 e. The van der Waals surface area contributed by atoms with Gasteiger partial charge in [-0.1, -0.05) is 0 Å². The van der Waals surface area contributed by atoms with Crippen LogP contribution >= 0.6 is 11.3 Å². The second-order valence-electron chi connectivity index (χ2n) is 3.79. The fraction of sp³-hybridized carbons (Fsp3) is 0.250. The molecule has 0 saturated heterocycles. The normalized spacial score (nSPS) is 12.6. The Labute approximate surface area is 98.0 Å². The molecule has 4 heteroatoms. The van der Waals surface area contributed by atoms with Crippen molar-refractivity contribution in [3.05, 3.63) is 46.4 Å². The standard InChI is InChI=1S/C12H13NO2S/c1-9(7-10-4-6-16-8-10)13-5-2-3-11(13)12(14)15/h2-6,8-9H,7H2,1H3,(H,14,15). The quantitative estimate of drug-likeness (QED) is 0.885. The molecule has 3 nitrogen and oxygen atoms in total. The first-order valence-corrected chi connectivity index (χ1v) is 6.04. The maximum absolute atomic E-state index is 11.0. The van der Waals surface area contributed by atoms with Gasteiger partial charge in [-0.05, 0) is 47.9 Å². The van der Waals surface area contributed by atoms with Gasteiger partial charge in [-0.15, -0.1) is 0 Å². The van der Waals surface area contributed by atoms with Crippen LogP contribution in [0.25, 0.3) is 0 Å². The van der Waals surface area contributed by atoms with E-state index < -0.39 is 5.97 Å². The lowest BCUT2D eigenvalue weighted by molar-refractivity contribution is 0.0683. The summed E-state index contributed by atoms with van der Waals surface area (Å²) in [6, 6.07) is 5.64. The third-order valence-electron chi connectivity index (χ3n) is 2.58. The molecule has 0 radical (unpaired) electrons. The molecule has 0 fully saturated rings. The minimum atomic E-state index is -0.873. The van der Waals surface area contributed by atoms with Crippen molar-refractivity contribution in [1.82, 2.24) is 4.57 Å². The average molecular weight is 235 g/mol. The van der Waals surface area contributed by atoms with Crippen molar-refractivity contribution in [2.75, 3.05) is 0 Å². The highest BCUT2D eigenvalue weighted by atomic mass is 32.1. The molecule has 0 saturated carbocycles. The summed E-state index contributed by atoms with van der Waals surface area (Å²) >= 11 is 1.66. The van der Waals surface area contributed by atoms with Gasteiger partial charge in [0.1, 0.15) is 5.69 Å². The van der Waals surface area contributed by atoms with E-state index in [1.807, 2.05) is 18.5 Å². The van der Waals surface area contributed by atoms with E-state index in [2.05, 4.69) is 11.4 Å². The van der Waals surface area contributed by atoms with E-state index in [4.69, 9.17) is 5.11 Å². The Kier molecular flexibility index (Phi) is 3.10. The topological polar surface area (TPSA) is 42.2 Å². The third kappa shape index (κ3) is 2.17. The minimum absolute atomic E-state index is 0.163. The number of hydrogen-bond acceptors (Lipinski definition) is 2. The molecule has 16 heavy (non-hydrogen) atoms. The van der Waals surface area contributed by atoms with Gasteiger partial charge in [-0.25, -0.2) is 4.79 Å². The third-order valence-corrected chi connectivity index (χ3v) is 3.32. The maximum Gasteiger partial charge on any atom is 0.352 e. The Balaban J connectivity index is 2.17. The van der Waals surface area contributed by atoms with Crippen molar-refractivity contribution >= 4 is 17.3 Å². The summed E-state index contributed by atoms with van der Waals surface area (Å²) < 4.78 is 1.81. The van der Waals surface area contributed by atoms with Crippen molar-refractivity contribution in [2.24, 2.45) is 0 Å². The van der Waals surface area contributed by atoms with Gasteiger partial charge < -0.3 is 9.67 Å². The van der Waals surface area contributed by atoms with Gasteiger partial charge in [0.15, 0.2) is 0 Å². The Morgan fingerprint density at radius 3 is 3.00 bits per heavy atom. The van der Waals surface area contributed by atoms with Gasteiger partial charge in [0, 0.05) is 12.2 Å². The van der Waals surface area contributed by atoms with E-state index in [0.717, 1.165) is 6.42 Å². The Bertz CT molecular complexity index is 473. The monoisotopic (exact) mass is 235 g/mol. The molecule has 0 amide bonds. The molecule has 1 N–H and O–H groups in total. The Morgan fingerprint density at radius 1 is 1.56 bits per heavy atom. The average Bonchev–Trinajstić information content (AvgIpc) is 2.86. The van der Waals surface area contributed by atoms with Crippen molar-refractivity contribution in [2.45, 2.75) is 19.4 Å². The summed E-state index contributed by atoms with van der Waals surface area (Å²) in [4.78, 5) is 11.0. The molecule has 2 rings (SSSR count). The number of aromatic carboxylic acids is 1. The van der Waals surface area contributed by atoms with Crippen LogP contribution in [0.4, 0.5) is 0 Å². The lowest BCUT2D eigenvalue weighted by Gasteiger charge is -2.15. The van der Waals surface area contributed by atoms with Gasteiger partial charge in [-0.3, -0.25) is 0 Å². The predicted octanol–water partition coefficient (Wildman–Crippen LogP) is 3.05.